The first-order chi connectivity index (χ1) is 19.6. The summed E-state index contributed by atoms with van der Waals surface area (Å²) < 4.78 is 10.7. The third-order valence-corrected chi connectivity index (χ3v) is 8.72. The van der Waals surface area contributed by atoms with Gasteiger partial charge in [0.05, 0.1) is 25.8 Å². The standard InChI is InChI=1S/C32H45N3O6/c1-21(33-30(38)24-13-15-35(3)16-14-24)28(36)19-25(17-23-9-11-26(40-4)12-10-23)31(39)34-27(18-22-7-5-6-8-22)29(37)32(2)20-41-32/h7,9-12,21,24-25,27H,5-6,8,13-20H2,1-4H3,(H,33,38)(H,34,39)/t21-,25-,27+,32-/m1/s1. The second-order valence-corrected chi connectivity index (χ2v) is 12.1. The molecule has 2 heterocycles. The average Bonchev–Trinajstić information content (AvgIpc) is 3.50. The highest BCUT2D eigenvalue weighted by molar-refractivity contribution is 5.98. The van der Waals surface area contributed by atoms with Crippen LogP contribution >= 0.6 is 0 Å². The van der Waals surface area contributed by atoms with Gasteiger partial charge in [-0.15, -0.1) is 0 Å². The van der Waals surface area contributed by atoms with Crippen molar-refractivity contribution in [3.8, 4) is 5.75 Å². The van der Waals surface area contributed by atoms with Crippen molar-refractivity contribution in [1.29, 1.82) is 0 Å². The van der Waals surface area contributed by atoms with Gasteiger partial charge in [-0.2, -0.15) is 0 Å². The van der Waals surface area contributed by atoms with E-state index < -0.39 is 23.6 Å². The lowest BCUT2D eigenvalue weighted by Crippen LogP contribution is -2.49. The van der Waals surface area contributed by atoms with E-state index in [9.17, 15) is 19.2 Å². The molecule has 4 atom stereocenters. The molecule has 1 aliphatic carbocycles. The molecule has 3 aliphatic rings. The number of nitrogens with zero attached hydrogens (tertiary/aromatic N) is 1. The predicted molar refractivity (Wildman–Crippen MR) is 155 cm³/mol. The quantitative estimate of drug-likeness (QED) is 0.262. The summed E-state index contributed by atoms with van der Waals surface area (Å²) in [5.41, 5.74) is 1.17. The van der Waals surface area contributed by atoms with Crippen molar-refractivity contribution in [3.05, 3.63) is 41.5 Å². The van der Waals surface area contributed by atoms with Gasteiger partial charge >= 0.3 is 0 Å². The van der Waals surface area contributed by atoms with Crippen LogP contribution < -0.4 is 15.4 Å². The van der Waals surface area contributed by atoms with Crippen LogP contribution in [-0.4, -0.2) is 79.8 Å². The van der Waals surface area contributed by atoms with Crippen LogP contribution in [0.1, 0.15) is 64.4 Å². The fourth-order valence-corrected chi connectivity index (χ4v) is 5.71. The van der Waals surface area contributed by atoms with Gasteiger partial charge in [0.2, 0.25) is 11.8 Å². The van der Waals surface area contributed by atoms with E-state index in [0.717, 1.165) is 50.8 Å². The van der Waals surface area contributed by atoms with E-state index >= 15 is 0 Å². The normalized spacial score (nSPS) is 23.2. The molecule has 0 spiro atoms. The number of Topliss-reactive ketones (excluding diaryl/α,β-unsaturated/α-hetero) is 2. The van der Waals surface area contributed by atoms with Crippen molar-refractivity contribution in [3.63, 3.8) is 0 Å². The smallest absolute Gasteiger partial charge is 0.224 e. The summed E-state index contributed by atoms with van der Waals surface area (Å²) in [6.07, 6.45) is 7.34. The van der Waals surface area contributed by atoms with Crippen LogP contribution in [0.25, 0.3) is 0 Å². The maximum absolute atomic E-state index is 13.8. The molecule has 0 bridgehead atoms. The van der Waals surface area contributed by atoms with Crippen LogP contribution in [0.3, 0.4) is 0 Å². The number of epoxide rings is 1. The summed E-state index contributed by atoms with van der Waals surface area (Å²) >= 11 is 0. The van der Waals surface area contributed by atoms with Crippen molar-refractivity contribution in [2.24, 2.45) is 11.8 Å². The Morgan fingerprint density at radius 2 is 1.78 bits per heavy atom. The Bertz CT molecular complexity index is 1130. The second kappa shape index (κ2) is 13.7. The first-order valence-electron chi connectivity index (χ1n) is 14.9. The number of carbonyl (C=O) groups is 4. The van der Waals surface area contributed by atoms with Crippen LogP contribution in [0.5, 0.6) is 5.75 Å². The SMILES string of the molecule is COc1ccc(C[C@H](CC(=O)[C@@H](C)NC(=O)C2CCN(C)CC2)C(=O)N[C@@H](CC2=CCCC2)C(=O)[C@@]2(C)CO2)cc1. The maximum atomic E-state index is 13.8. The summed E-state index contributed by atoms with van der Waals surface area (Å²) in [7, 11) is 3.63. The molecule has 2 saturated heterocycles. The Kier molecular flexibility index (Phi) is 10.4. The summed E-state index contributed by atoms with van der Waals surface area (Å²) in [6.45, 7) is 5.49. The number of hydrogen-bond donors (Lipinski definition) is 2. The molecule has 9 heteroatoms. The minimum absolute atomic E-state index is 0.0515. The molecule has 9 nitrogen and oxygen atoms in total. The fraction of sp³-hybridized carbons (Fsp3) is 0.625. The molecule has 2 N–H and O–H groups in total. The second-order valence-electron chi connectivity index (χ2n) is 12.1. The van der Waals surface area contributed by atoms with Gasteiger partial charge in [0.15, 0.2) is 11.6 Å². The Labute approximate surface area is 243 Å². The summed E-state index contributed by atoms with van der Waals surface area (Å²) in [5.74, 6) is -0.913. The number of benzene rings is 1. The van der Waals surface area contributed by atoms with E-state index in [1.807, 2.05) is 31.3 Å². The predicted octanol–water partition coefficient (Wildman–Crippen LogP) is 3.00. The lowest BCUT2D eigenvalue weighted by atomic mass is 9.89. The fourth-order valence-electron chi connectivity index (χ4n) is 5.71. The maximum Gasteiger partial charge on any atom is 0.224 e. The van der Waals surface area contributed by atoms with E-state index in [1.54, 1.807) is 21.0 Å². The van der Waals surface area contributed by atoms with E-state index in [0.29, 0.717) is 25.2 Å². The number of amides is 2. The molecule has 4 rings (SSSR count). The number of likely N-dealkylation sites (tertiary alicyclic amines) is 1. The van der Waals surface area contributed by atoms with E-state index in [1.165, 1.54) is 5.57 Å². The monoisotopic (exact) mass is 567 g/mol. The number of ether oxygens (including phenoxy) is 2. The molecular formula is C32H45N3O6. The van der Waals surface area contributed by atoms with Gasteiger partial charge in [0, 0.05) is 18.3 Å². The molecule has 1 aromatic rings. The molecule has 224 valence electrons. The zero-order chi connectivity index (χ0) is 29.6. The van der Waals surface area contributed by atoms with Crippen LogP contribution in [-0.2, 0) is 30.3 Å². The lowest BCUT2D eigenvalue weighted by Gasteiger charge is -2.29. The highest BCUT2D eigenvalue weighted by Gasteiger charge is 2.50. The molecule has 41 heavy (non-hydrogen) atoms. The van der Waals surface area contributed by atoms with Crippen molar-refractivity contribution < 1.29 is 28.7 Å². The van der Waals surface area contributed by atoms with E-state index in [2.05, 4.69) is 21.6 Å². The minimum atomic E-state index is -0.870. The molecule has 2 fully saturated rings. The molecule has 0 radical (unpaired) electrons. The van der Waals surface area contributed by atoms with Crippen LogP contribution in [0, 0.1) is 11.8 Å². The topological polar surface area (TPSA) is 117 Å². The number of nitrogens with one attached hydrogen (secondary N) is 2. The number of hydrogen-bond acceptors (Lipinski definition) is 7. The number of methoxy groups -OCH3 is 1. The largest absolute Gasteiger partial charge is 0.497 e. The third kappa shape index (κ3) is 8.49. The van der Waals surface area contributed by atoms with Gasteiger partial charge in [-0.3, -0.25) is 19.2 Å². The first kappa shape index (κ1) is 30.9. The number of rotatable bonds is 14. The van der Waals surface area contributed by atoms with Gasteiger partial charge in [-0.05, 0) is 96.6 Å². The Balaban J connectivity index is 1.46. The summed E-state index contributed by atoms with van der Waals surface area (Å²) in [6, 6.07) is 5.96. The first-order valence-corrected chi connectivity index (χ1v) is 14.9. The highest BCUT2D eigenvalue weighted by Crippen LogP contribution is 2.31. The van der Waals surface area contributed by atoms with E-state index in [4.69, 9.17) is 9.47 Å². The number of piperidine rings is 1. The Morgan fingerprint density at radius 3 is 2.37 bits per heavy atom. The van der Waals surface area contributed by atoms with Gasteiger partial charge in [-0.1, -0.05) is 23.8 Å². The summed E-state index contributed by atoms with van der Waals surface area (Å²) in [4.78, 5) is 55.5. The lowest BCUT2D eigenvalue weighted by molar-refractivity contribution is -0.135. The molecule has 2 amide bonds. The zero-order valence-corrected chi connectivity index (χ0v) is 24.9. The molecule has 0 unspecified atom stereocenters. The third-order valence-electron chi connectivity index (χ3n) is 8.72. The molecule has 2 aliphatic heterocycles. The zero-order valence-electron chi connectivity index (χ0n) is 24.9. The molecular weight excluding hydrogens is 522 g/mol. The molecule has 0 aromatic heterocycles. The van der Waals surface area contributed by atoms with Crippen molar-refractivity contribution in [2.45, 2.75) is 82.9 Å². The van der Waals surface area contributed by atoms with Gasteiger partial charge in [0.25, 0.3) is 0 Å². The van der Waals surface area contributed by atoms with Crippen LogP contribution in [0.15, 0.2) is 35.9 Å². The highest BCUT2D eigenvalue weighted by atomic mass is 16.6. The van der Waals surface area contributed by atoms with Crippen molar-refractivity contribution in [1.82, 2.24) is 15.5 Å². The van der Waals surface area contributed by atoms with Crippen LogP contribution in [0.2, 0.25) is 0 Å². The van der Waals surface area contributed by atoms with Crippen molar-refractivity contribution >= 4 is 23.4 Å². The van der Waals surface area contributed by atoms with Gasteiger partial charge in [0.1, 0.15) is 11.4 Å². The van der Waals surface area contributed by atoms with Gasteiger partial charge < -0.3 is 25.0 Å². The number of ketones is 2. The molecule has 1 aromatic carbocycles. The number of carbonyl (C=O) groups excluding carboxylic acids is 4. The van der Waals surface area contributed by atoms with Crippen LogP contribution in [0.4, 0.5) is 0 Å². The van der Waals surface area contributed by atoms with Crippen molar-refractivity contribution in [2.75, 3.05) is 33.9 Å². The Morgan fingerprint density at radius 1 is 1.10 bits per heavy atom. The number of allylic oxidation sites excluding steroid dienone is 1. The molecule has 0 saturated carbocycles. The van der Waals surface area contributed by atoms with Gasteiger partial charge in [-0.25, -0.2) is 0 Å². The summed E-state index contributed by atoms with van der Waals surface area (Å²) in [5, 5.41) is 5.89. The average molecular weight is 568 g/mol. The van der Waals surface area contributed by atoms with E-state index in [-0.39, 0.29) is 35.7 Å². The Hall–Kier alpha value is -3.04. The minimum Gasteiger partial charge on any atom is -0.497 e.